The van der Waals surface area contributed by atoms with E-state index in [1.807, 2.05) is 27.7 Å². The molecule has 132 valence electrons. The highest BCUT2D eigenvalue weighted by Gasteiger charge is 2.19. The summed E-state index contributed by atoms with van der Waals surface area (Å²) >= 11 is 2.87. The molecule has 0 bridgehead atoms. The highest BCUT2D eigenvalue weighted by atomic mass is 32.2. The maximum Gasteiger partial charge on any atom is 0.263 e. The molecule has 5 nitrogen and oxygen atoms in total. The number of fused-ring (bicyclic) bond motifs is 1. The van der Waals surface area contributed by atoms with Gasteiger partial charge in [-0.1, -0.05) is 25.1 Å². The number of aryl methyl sites for hydroxylation is 2. The van der Waals surface area contributed by atoms with Crippen LogP contribution in [0, 0.1) is 13.8 Å². The lowest BCUT2D eigenvalue weighted by molar-refractivity contribution is -0.118. The summed E-state index contributed by atoms with van der Waals surface area (Å²) in [6.07, 6.45) is 2.03. The first-order valence-corrected chi connectivity index (χ1v) is 10.1. The lowest BCUT2D eigenvalue weighted by Crippen LogP contribution is -2.28. The van der Waals surface area contributed by atoms with Crippen LogP contribution in [0.4, 0.5) is 0 Å². The smallest absolute Gasteiger partial charge is 0.263 e. The summed E-state index contributed by atoms with van der Waals surface area (Å²) in [6, 6.07) is -0.000316. The van der Waals surface area contributed by atoms with Crippen LogP contribution in [0.2, 0.25) is 0 Å². The number of thiophene rings is 1. The van der Waals surface area contributed by atoms with Gasteiger partial charge in [0, 0.05) is 17.5 Å². The van der Waals surface area contributed by atoms with E-state index >= 15 is 0 Å². The van der Waals surface area contributed by atoms with Gasteiger partial charge in [-0.2, -0.15) is 0 Å². The van der Waals surface area contributed by atoms with Gasteiger partial charge in [-0.15, -0.1) is 11.3 Å². The van der Waals surface area contributed by atoms with E-state index < -0.39 is 0 Å². The molecule has 0 atom stereocenters. The van der Waals surface area contributed by atoms with Crippen LogP contribution in [-0.4, -0.2) is 27.8 Å². The normalized spacial score (nSPS) is 11.4. The molecule has 24 heavy (non-hydrogen) atoms. The number of carbonyl (C=O) groups is 1. The van der Waals surface area contributed by atoms with Gasteiger partial charge in [0.05, 0.1) is 11.1 Å². The monoisotopic (exact) mass is 367 g/mol. The van der Waals surface area contributed by atoms with Gasteiger partial charge < -0.3 is 5.32 Å². The molecule has 0 aliphatic heterocycles. The summed E-state index contributed by atoms with van der Waals surface area (Å²) in [7, 11) is 0. The van der Waals surface area contributed by atoms with Crippen molar-refractivity contribution in [3.63, 3.8) is 0 Å². The molecular weight excluding hydrogens is 342 g/mol. The molecule has 2 aromatic rings. The van der Waals surface area contributed by atoms with Crippen LogP contribution in [0.3, 0.4) is 0 Å². The molecule has 0 unspecified atom stereocenters. The fraction of sp³-hybridized carbons (Fsp3) is 0.588. The minimum absolute atomic E-state index is 0.000316. The van der Waals surface area contributed by atoms with Crippen LogP contribution in [-0.2, 0) is 4.79 Å². The Hall–Kier alpha value is -1.34. The van der Waals surface area contributed by atoms with Crippen LogP contribution in [0.5, 0.6) is 0 Å². The number of aromatic nitrogens is 2. The zero-order valence-electron chi connectivity index (χ0n) is 14.9. The number of rotatable bonds is 7. The fourth-order valence-corrected chi connectivity index (χ4v) is 4.46. The Morgan fingerprint density at radius 2 is 2.08 bits per heavy atom. The summed E-state index contributed by atoms with van der Waals surface area (Å²) in [5.74, 6) is 0.259. The molecule has 0 aliphatic carbocycles. The zero-order valence-corrected chi connectivity index (χ0v) is 16.6. The molecule has 2 rings (SSSR count). The van der Waals surface area contributed by atoms with Gasteiger partial charge >= 0.3 is 0 Å². The Bertz CT molecular complexity index is 793. The van der Waals surface area contributed by atoms with Crippen LogP contribution < -0.4 is 10.9 Å². The number of thioether (sulfide) groups is 1. The third-order valence-corrected chi connectivity index (χ3v) is 5.96. The minimum Gasteiger partial charge on any atom is -0.355 e. The number of hydrogen-bond acceptors (Lipinski definition) is 5. The maximum atomic E-state index is 12.9. The number of nitrogens with zero attached hydrogens (tertiary/aromatic N) is 2. The van der Waals surface area contributed by atoms with Gasteiger partial charge in [0.2, 0.25) is 5.91 Å². The maximum absolute atomic E-state index is 12.9. The number of hydrogen-bond donors (Lipinski definition) is 1. The molecule has 0 aliphatic rings. The summed E-state index contributed by atoms with van der Waals surface area (Å²) < 4.78 is 1.70. The highest BCUT2D eigenvalue weighted by molar-refractivity contribution is 7.99. The van der Waals surface area contributed by atoms with Gasteiger partial charge in [-0.25, -0.2) is 4.98 Å². The van der Waals surface area contributed by atoms with Gasteiger partial charge in [-0.05, 0) is 39.7 Å². The molecule has 7 heteroatoms. The first-order valence-electron chi connectivity index (χ1n) is 8.28. The van der Waals surface area contributed by atoms with Crippen molar-refractivity contribution in [1.82, 2.24) is 14.9 Å². The van der Waals surface area contributed by atoms with Crippen molar-refractivity contribution < 1.29 is 4.79 Å². The lowest BCUT2D eigenvalue weighted by Gasteiger charge is -2.15. The second kappa shape index (κ2) is 8.16. The predicted molar refractivity (Wildman–Crippen MR) is 102 cm³/mol. The average molecular weight is 368 g/mol. The summed E-state index contributed by atoms with van der Waals surface area (Å²) in [5.41, 5.74) is 1.00. The van der Waals surface area contributed by atoms with Crippen molar-refractivity contribution in [1.29, 1.82) is 0 Å². The van der Waals surface area contributed by atoms with Crippen molar-refractivity contribution in [3.8, 4) is 0 Å². The van der Waals surface area contributed by atoms with E-state index in [1.165, 1.54) is 11.8 Å². The molecule has 2 heterocycles. The van der Waals surface area contributed by atoms with E-state index in [-0.39, 0.29) is 23.3 Å². The molecule has 1 amide bonds. The fourth-order valence-electron chi connectivity index (χ4n) is 2.43. The topological polar surface area (TPSA) is 64.0 Å². The summed E-state index contributed by atoms with van der Waals surface area (Å²) in [4.78, 5) is 31.4. The van der Waals surface area contributed by atoms with Crippen molar-refractivity contribution in [3.05, 3.63) is 20.8 Å². The minimum atomic E-state index is -0.0170. The summed E-state index contributed by atoms with van der Waals surface area (Å²) in [6.45, 7) is 10.7. The molecule has 0 aromatic carbocycles. The van der Waals surface area contributed by atoms with E-state index in [1.54, 1.807) is 15.9 Å². The van der Waals surface area contributed by atoms with Crippen molar-refractivity contribution in [2.24, 2.45) is 0 Å². The molecule has 0 fully saturated rings. The number of carbonyl (C=O) groups excluding carboxylic acids is 1. The molecular formula is C17H25N3O2S2. The second-order valence-electron chi connectivity index (χ2n) is 6.12. The Morgan fingerprint density at radius 1 is 1.38 bits per heavy atom. The Labute approximate surface area is 150 Å². The van der Waals surface area contributed by atoms with Gasteiger partial charge in [0.25, 0.3) is 5.56 Å². The standard InChI is InChI=1S/C17H25N3O2S2/c1-6-7-8-18-13(21)9-23-17-19-15-14(11(4)12(5)24-15)16(22)20(17)10(2)3/h10H,6-9H2,1-5H3,(H,18,21). The van der Waals surface area contributed by atoms with E-state index in [9.17, 15) is 9.59 Å². The third kappa shape index (κ3) is 4.00. The van der Waals surface area contributed by atoms with Crippen LogP contribution >= 0.6 is 23.1 Å². The lowest BCUT2D eigenvalue weighted by atomic mass is 10.2. The quantitative estimate of drug-likeness (QED) is 0.461. The van der Waals surface area contributed by atoms with Gasteiger partial charge in [0.15, 0.2) is 5.16 Å². The number of unbranched alkanes of at least 4 members (excludes halogenated alkanes) is 1. The molecule has 0 saturated heterocycles. The molecule has 1 N–H and O–H groups in total. The van der Waals surface area contributed by atoms with Crippen LogP contribution in [0.15, 0.2) is 9.95 Å². The first-order chi connectivity index (χ1) is 11.4. The second-order valence-corrected chi connectivity index (χ2v) is 8.26. The molecule has 0 saturated carbocycles. The van der Waals surface area contributed by atoms with E-state index in [2.05, 4.69) is 17.2 Å². The van der Waals surface area contributed by atoms with E-state index in [0.29, 0.717) is 17.1 Å². The van der Waals surface area contributed by atoms with Crippen LogP contribution in [0.25, 0.3) is 10.2 Å². The predicted octanol–water partition coefficient (Wildman–Crippen LogP) is 3.66. The largest absolute Gasteiger partial charge is 0.355 e. The van der Waals surface area contributed by atoms with Crippen LogP contribution in [0.1, 0.15) is 50.1 Å². The number of nitrogens with one attached hydrogen (secondary N) is 1. The highest BCUT2D eigenvalue weighted by Crippen LogP contribution is 2.29. The Morgan fingerprint density at radius 3 is 2.71 bits per heavy atom. The van der Waals surface area contributed by atoms with Crippen molar-refractivity contribution in [2.45, 2.75) is 58.7 Å². The van der Waals surface area contributed by atoms with E-state index in [0.717, 1.165) is 28.1 Å². The van der Waals surface area contributed by atoms with Crippen molar-refractivity contribution >= 4 is 39.2 Å². The molecule has 2 aromatic heterocycles. The molecule has 0 radical (unpaired) electrons. The van der Waals surface area contributed by atoms with Gasteiger partial charge in [0.1, 0.15) is 4.83 Å². The van der Waals surface area contributed by atoms with Gasteiger partial charge in [-0.3, -0.25) is 14.2 Å². The third-order valence-electron chi connectivity index (χ3n) is 3.90. The number of amides is 1. The Balaban J connectivity index is 2.30. The van der Waals surface area contributed by atoms with E-state index in [4.69, 9.17) is 0 Å². The molecule has 0 spiro atoms. The summed E-state index contributed by atoms with van der Waals surface area (Å²) in [5, 5.41) is 4.23. The average Bonchev–Trinajstić information content (AvgIpc) is 2.80. The Kier molecular flexibility index (Phi) is 6.46. The zero-order chi connectivity index (χ0) is 17.9. The first kappa shape index (κ1) is 19.0. The van der Waals surface area contributed by atoms with Crippen molar-refractivity contribution in [2.75, 3.05) is 12.3 Å². The SMILES string of the molecule is CCCCNC(=O)CSc1nc2sc(C)c(C)c2c(=O)n1C(C)C.